The fourth-order valence-corrected chi connectivity index (χ4v) is 4.04. The van der Waals surface area contributed by atoms with Gasteiger partial charge in [0.2, 0.25) is 0 Å². The number of aliphatic hydroxyl groups is 1. The number of aliphatic hydroxyl groups excluding tert-OH is 1. The van der Waals surface area contributed by atoms with Gasteiger partial charge < -0.3 is 21.3 Å². The van der Waals surface area contributed by atoms with Crippen molar-refractivity contribution in [3.63, 3.8) is 0 Å². The highest BCUT2D eigenvalue weighted by molar-refractivity contribution is 6.00. The van der Waals surface area contributed by atoms with Crippen molar-refractivity contribution in [1.82, 2.24) is 49.1 Å². The van der Waals surface area contributed by atoms with Crippen LogP contribution in [-0.4, -0.2) is 79.7 Å². The number of hydrogen-bond acceptors (Lipinski definition) is 16. The number of carbonyl (C=O) groups excluding carboxylic acids is 2. The van der Waals surface area contributed by atoms with Gasteiger partial charge in [-0.05, 0) is 13.8 Å². The number of azo groups is 2. The predicted molar refractivity (Wildman–Crippen MR) is 152 cm³/mol. The molecule has 0 aliphatic heterocycles. The Morgan fingerprint density at radius 2 is 1.43 bits per heavy atom. The van der Waals surface area contributed by atoms with Crippen molar-refractivity contribution in [2.45, 2.75) is 13.8 Å². The number of esters is 1. The Kier molecular flexibility index (Phi) is 7.73. The molecule has 0 spiro atoms. The van der Waals surface area contributed by atoms with Gasteiger partial charge in [-0.15, -0.1) is 20.5 Å². The third-order valence-electron chi connectivity index (χ3n) is 6.32. The molecular formula is C24H26N16O4. The Hall–Kier alpha value is -6.18. The Morgan fingerprint density at radius 1 is 0.886 bits per heavy atom. The molecule has 0 aliphatic rings. The number of ketones is 1. The summed E-state index contributed by atoms with van der Waals surface area (Å²) in [6, 6.07) is 1.57. The lowest BCUT2D eigenvalue weighted by Crippen LogP contribution is -2.10. The Bertz CT molecular complexity index is 1820. The second-order valence-electron chi connectivity index (χ2n) is 9.16. The van der Waals surface area contributed by atoms with Gasteiger partial charge in [0.05, 0.1) is 36.5 Å². The van der Waals surface area contributed by atoms with Crippen molar-refractivity contribution in [3.05, 3.63) is 47.2 Å². The summed E-state index contributed by atoms with van der Waals surface area (Å²) >= 11 is 0. The van der Waals surface area contributed by atoms with Gasteiger partial charge in [0.25, 0.3) is 5.95 Å². The molecular weight excluding hydrogens is 576 g/mol. The lowest BCUT2D eigenvalue weighted by atomic mass is 10.2. The molecule has 0 bridgehead atoms. The van der Waals surface area contributed by atoms with E-state index in [1.54, 1.807) is 34.0 Å². The van der Waals surface area contributed by atoms with Crippen molar-refractivity contribution in [3.8, 4) is 11.8 Å². The van der Waals surface area contributed by atoms with Gasteiger partial charge in [-0.25, -0.2) is 19.1 Å². The van der Waals surface area contributed by atoms with Crippen LogP contribution in [-0.2, 0) is 18.8 Å². The van der Waals surface area contributed by atoms with Gasteiger partial charge in [-0.3, -0.25) is 4.79 Å². The average Bonchev–Trinajstić information content (AvgIpc) is 3.74. The lowest BCUT2D eigenvalue weighted by Gasteiger charge is -2.06. The van der Waals surface area contributed by atoms with E-state index < -0.39 is 18.4 Å². The molecule has 0 aromatic carbocycles. The monoisotopic (exact) mass is 602 g/mol. The number of hydrogen-bond donors (Lipinski definition) is 3. The van der Waals surface area contributed by atoms with Crippen LogP contribution in [0.2, 0.25) is 0 Å². The zero-order valence-corrected chi connectivity index (χ0v) is 24.1. The Labute approximate surface area is 247 Å². The number of ether oxygens (including phenoxy) is 1. The molecule has 0 fully saturated rings. The van der Waals surface area contributed by atoms with Gasteiger partial charge in [0.15, 0.2) is 46.2 Å². The minimum atomic E-state index is -0.700. The van der Waals surface area contributed by atoms with E-state index in [2.05, 4.69) is 50.8 Å². The second kappa shape index (κ2) is 11.6. The largest absolute Gasteiger partial charge is 0.465 e. The first-order chi connectivity index (χ1) is 21.0. The van der Waals surface area contributed by atoms with E-state index in [1.807, 2.05) is 0 Å². The van der Waals surface area contributed by atoms with Crippen LogP contribution in [0.25, 0.3) is 11.8 Å². The molecule has 0 saturated heterocycles. The number of Topliss-reactive ketones (excluding diaryl/α,β-unsaturated/α-hetero) is 1. The van der Waals surface area contributed by atoms with Gasteiger partial charge in [-0.1, -0.05) is 0 Å². The van der Waals surface area contributed by atoms with Crippen LogP contribution in [0.1, 0.15) is 32.1 Å². The molecule has 5 N–H and O–H groups in total. The Morgan fingerprint density at radius 3 is 2.02 bits per heavy atom. The molecule has 5 rings (SSSR count). The van der Waals surface area contributed by atoms with Crippen LogP contribution in [0.15, 0.2) is 45.1 Å². The molecule has 0 unspecified atom stereocenters. The van der Waals surface area contributed by atoms with E-state index in [4.69, 9.17) is 16.2 Å². The predicted octanol–water partition coefficient (Wildman–Crippen LogP) is 1.89. The minimum absolute atomic E-state index is 0.0775. The van der Waals surface area contributed by atoms with Crippen LogP contribution in [0.3, 0.4) is 0 Å². The highest BCUT2D eigenvalue weighted by Crippen LogP contribution is 2.33. The summed E-state index contributed by atoms with van der Waals surface area (Å²) in [5.41, 5.74) is 14.2. The normalized spacial score (nSPS) is 11.7. The van der Waals surface area contributed by atoms with E-state index in [-0.39, 0.29) is 57.5 Å². The number of aromatic nitrogens is 10. The molecule has 20 heteroatoms. The average molecular weight is 603 g/mol. The highest BCUT2D eigenvalue weighted by Gasteiger charge is 2.21. The van der Waals surface area contributed by atoms with Crippen LogP contribution in [0.5, 0.6) is 0 Å². The number of aryl methyl sites for hydroxylation is 4. The first-order valence-electron chi connectivity index (χ1n) is 12.7. The molecule has 0 radical (unpaired) electrons. The van der Waals surface area contributed by atoms with Crippen molar-refractivity contribution in [2.75, 3.05) is 25.2 Å². The fraction of sp³-hybridized carbons (Fsp3) is 0.250. The van der Waals surface area contributed by atoms with Crippen LogP contribution in [0, 0.1) is 13.8 Å². The fourth-order valence-electron chi connectivity index (χ4n) is 4.04. The summed E-state index contributed by atoms with van der Waals surface area (Å²) in [7, 11) is 4.43. The Balaban J connectivity index is 1.47. The summed E-state index contributed by atoms with van der Waals surface area (Å²) in [4.78, 5) is 32.9. The van der Waals surface area contributed by atoms with E-state index in [1.165, 1.54) is 44.4 Å². The quantitative estimate of drug-likeness (QED) is 0.124. The molecule has 5 heterocycles. The van der Waals surface area contributed by atoms with Gasteiger partial charge in [0.1, 0.15) is 12.2 Å². The summed E-state index contributed by atoms with van der Waals surface area (Å²) in [6.45, 7) is 2.64. The minimum Gasteiger partial charge on any atom is -0.465 e. The smallest absolute Gasteiger partial charge is 0.343 e. The summed E-state index contributed by atoms with van der Waals surface area (Å²) in [6.07, 6.45) is 4.08. The molecule has 0 amide bonds. The molecule has 226 valence electrons. The van der Waals surface area contributed by atoms with E-state index >= 15 is 0 Å². The summed E-state index contributed by atoms with van der Waals surface area (Å²) in [5.74, 6) is -0.338. The lowest BCUT2D eigenvalue weighted by molar-refractivity contribution is 0.0601. The van der Waals surface area contributed by atoms with Crippen molar-refractivity contribution in [1.29, 1.82) is 0 Å². The number of rotatable bonds is 9. The second-order valence-corrected chi connectivity index (χ2v) is 9.16. The van der Waals surface area contributed by atoms with Gasteiger partial charge in [0, 0.05) is 26.4 Å². The number of nitrogens with two attached hydrogens (primary N) is 2. The number of anilines is 2. The summed E-state index contributed by atoms with van der Waals surface area (Å²) in [5, 5.41) is 42.8. The summed E-state index contributed by atoms with van der Waals surface area (Å²) < 4.78 is 10.1. The zero-order chi connectivity index (χ0) is 31.7. The first-order valence-corrected chi connectivity index (χ1v) is 12.7. The number of methoxy groups -OCH3 is 1. The van der Waals surface area contributed by atoms with Crippen LogP contribution in [0.4, 0.5) is 34.6 Å². The van der Waals surface area contributed by atoms with E-state index in [9.17, 15) is 14.7 Å². The SMILES string of the molecule is COC(=O)c1cnn(C)c1N=Nc1c(C)nn(-c2nccc(-n3nc(C)c(N=Nc4c(C(=O)CO)cnn4C)c3N)n2)c1N. The topological polar surface area (TPSA) is 262 Å². The molecule has 0 aliphatic carbocycles. The molecule has 44 heavy (non-hydrogen) atoms. The number of nitrogens with zero attached hydrogens (tertiary/aromatic N) is 14. The third kappa shape index (κ3) is 5.15. The van der Waals surface area contributed by atoms with Crippen molar-refractivity contribution < 1.29 is 19.4 Å². The highest BCUT2D eigenvalue weighted by atomic mass is 16.5. The van der Waals surface area contributed by atoms with Crippen LogP contribution >= 0.6 is 0 Å². The van der Waals surface area contributed by atoms with Gasteiger partial charge >= 0.3 is 5.97 Å². The molecule has 20 nitrogen and oxygen atoms in total. The zero-order valence-electron chi connectivity index (χ0n) is 24.1. The maximum absolute atomic E-state index is 12.0. The maximum Gasteiger partial charge on any atom is 0.343 e. The molecule has 0 atom stereocenters. The van der Waals surface area contributed by atoms with E-state index in [0.29, 0.717) is 11.4 Å². The van der Waals surface area contributed by atoms with Crippen molar-refractivity contribution >= 4 is 46.4 Å². The molecule has 5 aromatic heterocycles. The maximum atomic E-state index is 12.0. The number of nitrogen functional groups attached to an aromatic ring is 2. The van der Waals surface area contributed by atoms with Crippen LogP contribution < -0.4 is 11.5 Å². The first kappa shape index (κ1) is 29.3. The van der Waals surface area contributed by atoms with E-state index in [0.717, 1.165) is 0 Å². The third-order valence-corrected chi connectivity index (χ3v) is 6.32. The van der Waals surface area contributed by atoms with Crippen molar-refractivity contribution in [2.24, 2.45) is 34.6 Å². The number of carbonyl (C=O) groups is 2. The molecule has 0 saturated carbocycles. The standard InChI is InChI=1S/C24H26N16O4/c1-11-17(31-33-21-13(15(42)10-41)8-28-37(21)3)19(25)39(35-11)16-6-7-27-24(30-16)40-20(26)18(12(2)36-40)32-34-22-14(23(43)44-5)9-29-38(22)4/h6-9,41H,10,25-26H2,1-5H3. The molecule has 5 aromatic rings. The van der Waals surface area contributed by atoms with Gasteiger partial charge in [-0.2, -0.15) is 34.7 Å².